The van der Waals surface area contributed by atoms with Crippen LogP contribution in [-0.4, -0.2) is 18.0 Å². The van der Waals surface area contributed by atoms with Crippen molar-refractivity contribution in [3.63, 3.8) is 0 Å². The first-order chi connectivity index (χ1) is 9.60. The number of Topliss-reactive ketones (excluding diaryl/α,β-unsaturated/α-hetero) is 1. The summed E-state index contributed by atoms with van der Waals surface area (Å²) in [7, 11) is 0. The summed E-state index contributed by atoms with van der Waals surface area (Å²) in [4.78, 5) is 12.6. The summed E-state index contributed by atoms with van der Waals surface area (Å²) in [5.74, 6) is 0.234. The highest BCUT2D eigenvalue weighted by Gasteiger charge is 2.42. The maximum absolute atomic E-state index is 12.6. The minimum absolute atomic E-state index is 0.0329. The van der Waals surface area contributed by atoms with Gasteiger partial charge in [0.05, 0.1) is 15.6 Å². The van der Waals surface area contributed by atoms with Crippen molar-refractivity contribution >= 4 is 29.0 Å². The molecule has 1 spiro atoms. The lowest BCUT2D eigenvalue weighted by atomic mass is 9.81. The van der Waals surface area contributed by atoms with Gasteiger partial charge in [-0.05, 0) is 43.9 Å². The van der Waals surface area contributed by atoms with E-state index in [9.17, 15) is 4.79 Å². The molecule has 2 nitrogen and oxygen atoms in total. The van der Waals surface area contributed by atoms with E-state index in [1.165, 1.54) is 12.8 Å². The molecule has 1 aliphatic heterocycles. The highest BCUT2D eigenvalue weighted by molar-refractivity contribution is 6.42. The Hall–Kier alpha value is -0.570. The van der Waals surface area contributed by atoms with Crippen LogP contribution in [-0.2, 0) is 4.74 Å². The van der Waals surface area contributed by atoms with Crippen LogP contribution in [0.2, 0.25) is 10.0 Å². The third kappa shape index (κ3) is 2.74. The monoisotopic (exact) mass is 312 g/mol. The number of rotatable bonds is 2. The molecule has 1 unspecified atom stereocenters. The van der Waals surface area contributed by atoms with Crippen molar-refractivity contribution in [2.75, 3.05) is 6.61 Å². The van der Waals surface area contributed by atoms with Crippen molar-refractivity contribution in [2.24, 2.45) is 5.92 Å². The summed E-state index contributed by atoms with van der Waals surface area (Å²) in [6, 6.07) is 5.15. The number of carbonyl (C=O) groups is 1. The van der Waals surface area contributed by atoms with Crippen LogP contribution in [0.4, 0.5) is 0 Å². The predicted molar refractivity (Wildman–Crippen MR) is 80.7 cm³/mol. The van der Waals surface area contributed by atoms with Crippen LogP contribution in [0, 0.1) is 5.92 Å². The second-order valence-electron chi connectivity index (χ2n) is 5.92. The number of halogens is 2. The van der Waals surface area contributed by atoms with Crippen LogP contribution in [0.3, 0.4) is 0 Å². The van der Waals surface area contributed by atoms with Crippen molar-refractivity contribution < 1.29 is 9.53 Å². The average molecular weight is 313 g/mol. The minimum atomic E-state index is -0.0329. The lowest BCUT2D eigenvalue weighted by molar-refractivity contribution is -0.0866. The maximum atomic E-state index is 12.6. The molecule has 0 N–H and O–H groups in total. The van der Waals surface area contributed by atoms with Gasteiger partial charge in [0.15, 0.2) is 5.78 Å². The number of carbonyl (C=O) groups excluding carboxylic acids is 1. The van der Waals surface area contributed by atoms with Gasteiger partial charge in [-0.3, -0.25) is 4.79 Å². The van der Waals surface area contributed by atoms with Gasteiger partial charge in [-0.25, -0.2) is 0 Å². The second kappa shape index (κ2) is 5.67. The summed E-state index contributed by atoms with van der Waals surface area (Å²) < 4.78 is 5.99. The molecule has 20 heavy (non-hydrogen) atoms. The molecule has 0 bridgehead atoms. The van der Waals surface area contributed by atoms with Crippen LogP contribution in [0.1, 0.15) is 48.9 Å². The first kappa shape index (κ1) is 14.4. The van der Waals surface area contributed by atoms with E-state index in [1.54, 1.807) is 18.2 Å². The van der Waals surface area contributed by atoms with Crippen molar-refractivity contribution in [2.45, 2.75) is 44.1 Å². The highest BCUT2D eigenvalue weighted by Crippen LogP contribution is 2.42. The number of ether oxygens (including phenoxy) is 1. The molecule has 1 aromatic rings. The molecular formula is C16H18Cl2O2. The van der Waals surface area contributed by atoms with Crippen LogP contribution < -0.4 is 0 Å². The minimum Gasteiger partial charge on any atom is -0.375 e. The van der Waals surface area contributed by atoms with Gasteiger partial charge in [0.1, 0.15) is 0 Å². The molecule has 1 aliphatic carbocycles. The molecule has 108 valence electrons. The van der Waals surface area contributed by atoms with Gasteiger partial charge in [-0.2, -0.15) is 0 Å². The molecule has 0 radical (unpaired) electrons. The Morgan fingerprint density at radius 2 is 1.95 bits per heavy atom. The van der Waals surface area contributed by atoms with E-state index in [-0.39, 0.29) is 17.3 Å². The van der Waals surface area contributed by atoms with Gasteiger partial charge < -0.3 is 4.74 Å². The van der Waals surface area contributed by atoms with Gasteiger partial charge in [-0.1, -0.05) is 36.0 Å². The lowest BCUT2D eigenvalue weighted by Gasteiger charge is -2.37. The van der Waals surface area contributed by atoms with Crippen molar-refractivity contribution in [3.8, 4) is 0 Å². The lowest BCUT2D eigenvalue weighted by Crippen LogP contribution is -2.39. The van der Waals surface area contributed by atoms with Crippen LogP contribution in [0.25, 0.3) is 0 Å². The fourth-order valence-electron chi connectivity index (χ4n) is 3.50. The van der Waals surface area contributed by atoms with Crippen molar-refractivity contribution in [1.29, 1.82) is 0 Å². The third-order valence-electron chi connectivity index (χ3n) is 4.58. The fraction of sp³-hybridized carbons (Fsp3) is 0.562. The number of benzene rings is 1. The molecule has 0 amide bonds. The van der Waals surface area contributed by atoms with E-state index in [1.807, 2.05) is 0 Å². The van der Waals surface area contributed by atoms with E-state index in [0.29, 0.717) is 22.2 Å². The Morgan fingerprint density at radius 3 is 2.65 bits per heavy atom. The molecule has 4 heteroatoms. The summed E-state index contributed by atoms with van der Waals surface area (Å²) in [6.07, 6.45) is 6.28. The van der Waals surface area contributed by atoms with Crippen LogP contribution in [0.15, 0.2) is 18.2 Å². The molecule has 2 fully saturated rings. The van der Waals surface area contributed by atoms with Gasteiger partial charge >= 0.3 is 0 Å². The first-order valence-corrected chi connectivity index (χ1v) is 7.98. The Bertz CT molecular complexity index is 521. The largest absolute Gasteiger partial charge is 0.375 e. The molecule has 3 rings (SSSR count). The molecule has 1 aromatic carbocycles. The Kier molecular flexibility index (Phi) is 4.07. The van der Waals surface area contributed by atoms with Crippen LogP contribution in [0.5, 0.6) is 0 Å². The Labute approximate surface area is 129 Å². The van der Waals surface area contributed by atoms with Gasteiger partial charge in [-0.15, -0.1) is 0 Å². The second-order valence-corrected chi connectivity index (χ2v) is 6.74. The number of hydrogen-bond acceptors (Lipinski definition) is 2. The average Bonchev–Trinajstić information content (AvgIpc) is 2.89. The summed E-state index contributed by atoms with van der Waals surface area (Å²) in [5.41, 5.74) is 0.633. The van der Waals surface area contributed by atoms with E-state index in [0.717, 1.165) is 25.7 Å². The zero-order valence-corrected chi connectivity index (χ0v) is 12.8. The van der Waals surface area contributed by atoms with E-state index in [2.05, 4.69) is 0 Å². The predicted octanol–water partition coefficient (Wildman–Crippen LogP) is 4.92. The van der Waals surface area contributed by atoms with E-state index in [4.69, 9.17) is 27.9 Å². The zero-order valence-electron chi connectivity index (χ0n) is 11.3. The zero-order chi connectivity index (χ0) is 14.2. The Balaban J connectivity index is 1.77. The molecular weight excluding hydrogens is 295 g/mol. The van der Waals surface area contributed by atoms with Crippen LogP contribution >= 0.6 is 23.2 Å². The maximum Gasteiger partial charge on any atom is 0.166 e. The smallest absolute Gasteiger partial charge is 0.166 e. The molecule has 1 heterocycles. The fourth-order valence-corrected chi connectivity index (χ4v) is 3.80. The van der Waals surface area contributed by atoms with Crippen molar-refractivity contribution in [3.05, 3.63) is 33.8 Å². The summed E-state index contributed by atoms with van der Waals surface area (Å²) in [5, 5.41) is 0.933. The number of ketones is 1. The molecule has 0 aromatic heterocycles. The summed E-state index contributed by atoms with van der Waals surface area (Å²) in [6.45, 7) is 0.692. The third-order valence-corrected chi connectivity index (χ3v) is 5.32. The van der Waals surface area contributed by atoms with E-state index < -0.39 is 0 Å². The SMILES string of the molecule is O=C(c1ccc(Cl)c(Cl)c1)C1CCOC2(CCCC2)C1. The van der Waals surface area contributed by atoms with Crippen molar-refractivity contribution in [1.82, 2.24) is 0 Å². The first-order valence-electron chi connectivity index (χ1n) is 7.23. The van der Waals surface area contributed by atoms with Gasteiger partial charge in [0.25, 0.3) is 0 Å². The summed E-state index contributed by atoms with van der Waals surface area (Å²) >= 11 is 11.9. The standard InChI is InChI=1S/C16H18Cl2O2/c17-13-4-3-11(9-14(13)18)15(19)12-5-8-20-16(10-12)6-1-2-7-16/h3-4,9,12H,1-2,5-8,10H2. The highest BCUT2D eigenvalue weighted by atomic mass is 35.5. The molecule has 1 atom stereocenters. The Morgan fingerprint density at radius 1 is 1.20 bits per heavy atom. The topological polar surface area (TPSA) is 26.3 Å². The van der Waals surface area contributed by atoms with E-state index >= 15 is 0 Å². The molecule has 1 saturated carbocycles. The quantitative estimate of drug-likeness (QED) is 0.725. The van der Waals surface area contributed by atoms with Gasteiger partial charge in [0.2, 0.25) is 0 Å². The van der Waals surface area contributed by atoms with Gasteiger partial charge in [0, 0.05) is 18.1 Å². The molecule has 2 aliphatic rings. The molecule has 1 saturated heterocycles. The normalized spacial score (nSPS) is 25.0. The number of hydrogen-bond donors (Lipinski definition) is 0.